The van der Waals surface area contributed by atoms with E-state index >= 15 is 0 Å². The zero-order valence-electron chi connectivity index (χ0n) is 21.6. The van der Waals surface area contributed by atoms with Crippen molar-refractivity contribution in [3.05, 3.63) is 59.9 Å². The fourth-order valence-corrected chi connectivity index (χ4v) is 4.17. The average Bonchev–Trinajstić information content (AvgIpc) is 3.38. The Balaban J connectivity index is 1.16. The van der Waals surface area contributed by atoms with Crippen LogP contribution in [-0.4, -0.2) is 53.1 Å². The largest absolute Gasteiger partial charge is 0.573 e. The molecule has 5 N–H and O–H groups in total. The molecule has 40 heavy (non-hydrogen) atoms. The van der Waals surface area contributed by atoms with E-state index in [0.717, 1.165) is 40.6 Å². The van der Waals surface area contributed by atoms with Gasteiger partial charge in [0.1, 0.15) is 11.6 Å². The molecule has 0 atom stereocenters. The summed E-state index contributed by atoms with van der Waals surface area (Å²) in [5, 5.41) is 31.3. The van der Waals surface area contributed by atoms with Gasteiger partial charge in [0, 0.05) is 36.3 Å². The highest BCUT2D eigenvalue weighted by Gasteiger charge is 2.31. The van der Waals surface area contributed by atoms with Gasteiger partial charge in [-0.25, -0.2) is 0 Å². The van der Waals surface area contributed by atoms with Crippen molar-refractivity contribution in [3.63, 3.8) is 0 Å². The molecule has 0 saturated heterocycles. The quantitative estimate of drug-likeness (QED) is 0.165. The van der Waals surface area contributed by atoms with Crippen LogP contribution >= 0.6 is 0 Å². The van der Waals surface area contributed by atoms with Crippen molar-refractivity contribution >= 4 is 22.4 Å². The lowest BCUT2D eigenvalue weighted by Crippen LogP contribution is -2.18. The number of hydrogen-bond acceptors (Lipinski definition) is 9. The van der Waals surface area contributed by atoms with Crippen LogP contribution in [0.15, 0.2) is 48.8 Å². The number of fused-ring (bicyclic) bond motifs is 1. The molecular formula is C27H29F3N8O2. The van der Waals surface area contributed by atoms with E-state index in [9.17, 15) is 13.2 Å². The molecule has 4 aromatic rings. The molecule has 0 fully saturated rings. The van der Waals surface area contributed by atoms with Crippen molar-refractivity contribution in [3.8, 4) is 22.9 Å². The van der Waals surface area contributed by atoms with Gasteiger partial charge in [0.25, 0.3) is 0 Å². The number of anilines is 2. The standard InChI is InChI=1S/C27H29F3N8O2/c28-27(29,30)40-22-10-18(3-4-31)9-19(11-22)15-33-5-1-2-7-39-8-6-34-24-12-20(13-25-23(24)17-36-37-25)21-14-26(32)38-35-16-21/h9-14,16-17,33-34H,1-3,5-8,15H2,(H2,32,38)(H,36,37). The molecule has 0 spiro atoms. The second-order valence-electron chi connectivity index (χ2n) is 9.02. The Kier molecular flexibility index (Phi) is 9.71. The van der Waals surface area contributed by atoms with E-state index in [1.807, 2.05) is 18.2 Å². The van der Waals surface area contributed by atoms with Crippen molar-refractivity contribution in [2.75, 3.05) is 37.4 Å². The third-order valence-corrected chi connectivity index (χ3v) is 5.89. The first-order valence-electron chi connectivity index (χ1n) is 12.6. The zero-order valence-corrected chi connectivity index (χ0v) is 21.6. The van der Waals surface area contributed by atoms with Crippen molar-refractivity contribution in [1.82, 2.24) is 25.7 Å². The van der Waals surface area contributed by atoms with Crippen LogP contribution in [0, 0.1) is 11.3 Å². The number of alkyl halides is 3. The molecule has 13 heteroatoms. The molecule has 10 nitrogen and oxygen atoms in total. The highest BCUT2D eigenvalue weighted by molar-refractivity contribution is 5.95. The number of nitrogens with two attached hydrogens (primary N) is 1. The van der Waals surface area contributed by atoms with E-state index < -0.39 is 6.36 Å². The summed E-state index contributed by atoms with van der Waals surface area (Å²) in [6.07, 6.45) is 0.289. The molecule has 2 aromatic heterocycles. The number of H-pyrrole nitrogens is 1. The minimum absolute atomic E-state index is 0.00396. The van der Waals surface area contributed by atoms with Crippen molar-refractivity contribution in [2.24, 2.45) is 0 Å². The molecule has 0 amide bonds. The Hall–Kier alpha value is -4.41. The maximum Gasteiger partial charge on any atom is 0.573 e. The maximum atomic E-state index is 12.6. The van der Waals surface area contributed by atoms with Gasteiger partial charge in [-0.2, -0.15) is 15.5 Å². The lowest BCUT2D eigenvalue weighted by Gasteiger charge is -2.12. The van der Waals surface area contributed by atoms with Crippen LogP contribution < -0.4 is 21.1 Å². The number of aromatic amines is 1. The Morgan fingerprint density at radius 1 is 0.975 bits per heavy atom. The van der Waals surface area contributed by atoms with Gasteiger partial charge in [-0.3, -0.25) is 5.10 Å². The number of nitrogens with one attached hydrogen (secondary N) is 3. The van der Waals surface area contributed by atoms with E-state index in [1.54, 1.807) is 24.5 Å². The number of nitriles is 1. The fraction of sp³-hybridized carbons (Fsp3) is 0.333. The lowest BCUT2D eigenvalue weighted by molar-refractivity contribution is -0.274. The highest BCUT2D eigenvalue weighted by atomic mass is 19.4. The SMILES string of the molecule is N#CCc1cc(CNCCCCOCCNc2cc(-c3cnnc(N)c3)cc3[nH]ncc23)cc(OC(F)(F)F)c1. The number of unbranched alkanes of at least 4 members (excludes halogenated alkanes) is 1. The number of benzene rings is 2. The summed E-state index contributed by atoms with van der Waals surface area (Å²) >= 11 is 0. The number of nitrogen functional groups attached to an aromatic ring is 1. The number of aromatic nitrogens is 4. The summed E-state index contributed by atoms with van der Waals surface area (Å²) in [5.74, 6) is 0.0214. The van der Waals surface area contributed by atoms with Gasteiger partial charge in [0.05, 0.1) is 37.0 Å². The summed E-state index contributed by atoms with van der Waals surface area (Å²) in [5.41, 5.74) is 10.4. The Morgan fingerprint density at radius 3 is 2.62 bits per heavy atom. The van der Waals surface area contributed by atoms with E-state index in [2.05, 4.69) is 35.8 Å². The third kappa shape index (κ3) is 8.55. The molecule has 4 rings (SSSR count). The summed E-state index contributed by atoms with van der Waals surface area (Å²) in [4.78, 5) is 0. The van der Waals surface area contributed by atoms with Crippen molar-refractivity contribution < 1.29 is 22.6 Å². The van der Waals surface area contributed by atoms with Gasteiger partial charge in [-0.05, 0) is 66.4 Å². The fourth-order valence-electron chi connectivity index (χ4n) is 4.17. The molecule has 210 valence electrons. The Bertz CT molecular complexity index is 1450. The molecule has 0 bridgehead atoms. The first kappa shape index (κ1) is 28.6. The van der Waals surface area contributed by atoms with Crippen LogP contribution in [0.3, 0.4) is 0 Å². The molecule has 0 unspecified atom stereocenters. The smallest absolute Gasteiger partial charge is 0.406 e. The molecule has 0 saturated carbocycles. The first-order chi connectivity index (χ1) is 19.3. The minimum Gasteiger partial charge on any atom is -0.406 e. The summed E-state index contributed by atoms with van der Waals surface area (Å²) in [6.45, 7) is 2.71. The number of hydrogen-bond donors (Lipinski definition) is 4. The van der Waals surface area contributed by atoms with Crippen molar-refractivity contribution in [2.45, 2.75) is 32.2 Å². The average molecular weight is 555 g/mol. The number of nitrogens with zero attached hydrogens (tertiary/aromatic N) is 4. The van der Waals surface area contributed by atoms with Gasteiger partial charge in [-0.15, -0.1) is 18.3 Å². The molecule has 0 radical (unpaired) electrons. The Labute approximate surface area is 228 Å². The monoisotopic (exact) mass is 554 g/mol. The molecule has 0 aliphatic heterocycles. The second-order valence-corrected chi connectivity index (χ2v) is 9.02. The summed E-state index contributed by atoms with van der Waals surface area (Å²) in [6, 6.07) is 12.0. The molecule has 0 aliphatic rings. The maximum absolute atomic E-state index is 12.6. The third-order valence-electron chi connectivity index (χ3n) is 5.89. The van der Waals surface area contributed by atoms with Gasteiger partial charge in [0.15, 0.2) is 0 Å². The normalized spacial score (nSPS) is 11.4. The topological polar surface area (TPSA) is 147 Å². The molecule has 2 aromatic carbocycles. The first-order valence-corrected chi connectivity index (χ1v) is 12.6. The lowest BCUT2D eigenvalue weighted by atomic mass is 10.0. The van der Waals surface area contributed by atoms with Gasteiger partial charge < -0.3 is 25.8 Å². The van der Waals surface area contributed by atoms with E-state index in [4.69, 9.17) is 15.7 Å². The van der Waals surface area contributed by atoms with Crippen LogP contribution in [0.4, 0.5) is 24.7 Å². The van der Waals surface area contributed by atoms with Crippen LogP contribution in [0.25, 0.3) is 22.0 Å². The van der Waals surface area contributed by atoms with Crippen molar-refractivity contribution in [1.29, 1.82) is 5.26 Å². The van der Waals surface area contributed by atoms with E-state index in [-0.39, 0.29) is 12.2 Å². The minimum atomic E-state index is -4.78. The van der Waals surface area contributed by atoms with Gasteiger partial charge in [-0.1, -0.05) is 6.07 Å². The number of rotatable bonds is 14. The van der Waals surface area contributed by atoms with Gasteiger partial charge in [0.2, 0.25) is 0 Å². The summed E-state index contributed by atoms with van der Waals surface area (Å²) in [7, 11) is 0. The Morgan fingerprint density at radius 2 is 1.82 bits per heavy atom. The van der Waals surface area contributed by atoms with Gasteiger partial charge >= 0.3 is 6.36 Å². The van der Waals surface area contributed by atoms with Crippen LogP contribution in [0.2, 0.25) is 0 Å². The second kappa shape index (κ2) is 13.6. The van der Waals surface area contributed by atoms with Crippen LogP contribution in [0.1, 0.15) is 24.0 Å². The molecular weight excluding hydrogens is 525 g/mol. The zero-order chi connectivity index (χ0) is 28.4. The highest BCUT2D eigenvalue weighted by Crippen LogP contribution is 2.30. The van der Waals surface area contributed by atoms with Crippen LogP contribution in [0.5, 0.6) is 5.75 Å². The summed E-state index contributed by atoms with van der Waals surface area (Å²) < 4.78 is 47.5. The number of ether oxygens (including phenoxy) is 2. The number of halogens is 3. The molecule has 2 heterocycles. The predicted octanol–water partition coefficient (Wildman–Crippen LogP) is 4.57. The van der Waals surface area contributed by atoms with E-state index in [1.165, 1.54) is 12.1 Å². The van der Waals surface area contributed by atoms with E-state index in [0.29, 0.717) is 49.8 Å². The predicted molar refractivity (Wildman–Crippen MR) is 144 cm³/mol. The van der Waals surface area contributed by atoms with Crippen LogP contribution in [-0.2, 0) is 17.7 Å². The molecule has 0 aliphatic carbocycles.